The molecular formula is C14H20FNO2. The highest BCUT2D eigenvalue weighted by Gasteiger charge is 2.31. The van der Waals surface area contributed by atoms with Gasteiger partial charge in [-0.15, -0.1) is 0 Å². The Bertz CT molecular complexity index is 403. The molecule has 3 nitrogen and oxygen atoms in total. The van der Waals surface area contributed by atoms with Gasteiger partial charge < -0.3 is 14.8 Å². The zero-order chi connectivity index (χ0) is 13.0. The summed E-state index contributed by atoms with van der Waals surface area (Å²) in [5.74, 6) is 0.529. The summed E-state index contributed by atoms with van der Waals surface area (Å²) in [6.45, 7) is 1.50. The minimum atomic E-state index is -0.218. The van der Waals surface area contributed by atoms with Crippen LogP contribution in [0.25, 0.3) is 0 Å². The smallest absolute Gasteiger partial charge is 0.123 e. The maximum Gasteiger partial charge on any atom is 0.123 e. The number of halogens is 1. The Morgan fingerprint density at radius 3 is 2.72 bits per heavy atom. The van der Waals surface area contributed by atoms with Crippen LogP contribution in [0.1, 0.15) is 18.4 Å². The second kappa shape index (κ2) is 5.67. The molecule has 0 spiro atoms. The average Bonchev–Trinajstić information content (AvgIpc) is 2.40. The van der Waals surface area contributed by atoms with E-state index in [1.165, 1.54) is 6.07 Å². The first-order valence-corrected chi connectivity index (χ1v) is 6.28. The van der Waals surface area contributed by atoms with Gasteiger partial charge in [0.1, 0.15) is 11.6 Å². The van der Waals surface area contributed by atoms with Gasteiger partial charge in [0, 0.05) is 18.8 Å². The third kappa shape index (κ3) is 2.82. The third-order valence-electron chi connectivity index (χ3n) is 3.75. The topological polar surface area (TPSA) is 30.5 Å². The first-order chi connectivity index (χ1) is 8.69. The fourth-order valence-corrected chi connectivity index (χ4v) is 2.53. The van der Waals surface area contributed by atoms with Crippen molar-refractivity contribution in [3.63, 3.8) is 0 Å². The molecular weight excluding hydrogens is 233 g/mol. The fourth-order valence-electron chi connectivity index (χ4n) is 2.53. The van der Waals surface area contributed by atoms with Crippen molar-refractivity contribution in [1.82, 2.24) is 5.32 Å². The van der Waals surface area contributed by atoms with Crippen LogP contribution in [-0.2, 0) is 11.2 Å². The van der Waals surface area contributed by atoms with Gasteiger partial charge in [-0.05, 0) is 50.1 Å². The van der Waals surface area contributed by atoms with E-state index in [9.17, 15) is 4.39 Å². The van der Waals surface area contributed by atoms with Gasteiger partial charge in [0.2, 0.25) is 0 Å². The summed E-state index contributed by atoms with van der Waals surface area (Å²) in [6.07, 6.45) is 2.63. The van der Waals surface area contributed by atoms with Gasteiger partial charge in [-0.2, -0.15) is 0 Å². The van der Waals surface area contributed by atoms with Gasteiger partial charge in [0.25, 0.3) is 0 Å². The predicted octanol–water partition coefficient (Wildman–Crippen LogP) is 2.15. The molecule has 2 rings (SSSR count). The number of hydrogen-bond donors (Lipinski definition) is 1. The molecule has 4 heteroatoms. The van der Waals surface area contributed by atoms with Crippen molar-refractivity contribution < 1.29 is 13.9 Å². The van der Waals surface area contributed by atoms with E-state index in [1.54, 1.807) is 19.2 Å². The molecule has 1 aromatic rings. The van der Waals surface area contributed by atoms with Crippen molar-refractivity contribution in [3.05, 3.63) is 29.6 Å². The second-order valence-electron chi connectivity index (χ2n) is 4.78. The number of nitrogens with one attached hydrogen (secondary N) is 1. The molecule has 100 valence electrons. The van der Waals surface area contributed by atoms with Crippen LogP contribution in [0.3, 0.4) is 0 Å². The Kier molecular flexibility index (Phi) is 4.19. The highest BCUT2D eigenvalue weighted by molar-refractivity contribution is 5.35. The van der Waals surface area contributed by atoms with E-state index in [0.29, 0.717) is 0 Å². The Balaban J connectivity index is 2.23. The maximum absolute atomic E-state index is 13.4. The maximum atomic E-state index is 13.4. The van der Waals surface area contributed by atoms with Gasteiger partial charge in [-0.3, -0.25) is 0 Å². The van der Waals surface area contributed by atoms with Crippen LogP contribution >= 0.6 is 0 Å². The largest absolute Gasteiger partial charge is 0.496 e. The molecule has 0 aromatic heterocycles. The van der Waals surface area contributed by atoms with Crippen LogP contribution in [0.4, 0.5) is 4.39 Å². The predicted molar refractivity (Wildman–Crippen MR) is 68.5 cm³/mol. The summed E-state index contributed by atoms with van der Waals surface area (Å²) in [7, 11) is 3.57. The molecule has 1 aromatic carbocycles. The van der Waals surface area contributed by atoms with Gasteiger partial charge in [0.15, 0.2) is 0 Å². The van der Waals surface area contributed by atoms with E-state index in [2.05, 4.69) is 5.32 Å². The molecule has 18 heavy (non-hydrogen) atoms. The van der Waals surface area contributed by atoms with Crippen molar-refractivity contribution in [2.45, 2.75) is 24.8 Å². The van der Waals surface area contributed by atoms with Gasteiger partial charge in [-0.25, -0.2) is 4.39 Å². The summed E-state index contributed by atoms with van der Waals surface area (Å²) >= 11 is 0. The number of likely N-dealkylation sites (N-methyl/N-ethyl adjacent to an activating group) is 1. The molecule has 0 bridgehead atoms. The van der Waals surface area contributed by atoms with Crippen molar-refractivity contribution >= 4 is 0 Å². The number of benzene rings is 1. The minimum Gasteiger partial charge on any atom is -0.496 e. The summed E-state index contributed by atoms with van der Waals surface area (Å²) in [6, 6.07) is 4.68. The Labute approximate surface area is 107 Å². The SMILES string of the molecule is CNC1(Cc2cc(F)ccc2OC)CCOCC1. The molecule has 1 aliphatic heterocycles. The molecule has 0 radical (unpaired) electrons. The zero-order valence-corrected chi connectivity index (χ0v) is 11.0. The monoisotopic (exact) mass is 253 g/mol. The minimum absolute atomic E-state index is 0.0146. The molecule has 0 atom stereocenters. The summed E-state index contributed by atoms with van der Waals surface area (Å²) < 4.78 is 24.1. The summed E-state index contributed by atoms with van der Waals surface area (Å²) in [5, 5.41) is 3.38. The van der Waals surface area contributed by atoms with E-state index >= 15 is 0 Å². The van der Waals surface area contributed by atoms with Crippen molar-refractivity contribution in [3.8, 4) is 5.75 Å². The molecule has 1 aliphatic rings. The van der Waals surface area contributed by atoms with Crippen LogP contribution < -0.4 is 10.1 Å². The van der Waals surface area contributed by atoms with Gasteiger partial charge >= 0.3 is 0 Å². The van der Waals surface area contributed by atoms with Crippen LogP contribution in [0.15, 0.2) is 18.2 Å². The van der Waals surface area contributed by atoms with E-state index in [1.807, 2.05) is 7.05 Å². The fraction of sp³-hybridized carbons (Fsp3) is 0.571. The highest BCUT2D eigenvalue weighted by atomic mass is 19.1. The standard InChI is InChI=1S/C14H20FNO2/c1-16-14(5-7-18-8-6-14)10-11-9-12(15)3-4-13(11)17-2/h3-4,9,16H,5-8,10H2,1-2H3. The van der Waals surface area contributed by atoms with Crippen LogP contribution in [0.2, 0.25) is 0 Å². The zero-order valence-electron chi connectivity index (χ0n) is 11.0. The van der Waals surface area contributed by atoms with Crippen molar-refractivity contribution in [2.75, 3.05) is 27.4 Å². The number of rotatable bonds is 4. The van der Waals surface area contributed by atoms with E-state index in [4.69, 9.17) is 9.47 Å². The summed E-state index contributed by atoms with van der Waals surface area (Å²) in [4.78, 5) is 0. The number of hydrogen-bond acceptors (Lipinski definition) is 3. The van der Waals surface area contributed by atoms with E-state index < -0.39 is 0 Å². The lowest BCUT2D eigenvalue weighted by atomic mass is 9.83. The molecule has 0 saturated carbocycles. The van der Waals surface area contributed by atoms with Crippen LogP contribution in [0.5, 0.6) is 5.75 Å². The molecule has 0 amide bonds. The second-order valence-corrected chi connectivity index (χ2v) is 4.78. The molecule has 0 unspecified atom stereocenters. The van der Waals surface area contributed by atoms with Crippen molar-refractivity contribution in [2.24, 2.45) is 0 Å². The highest BCUT2D eigenvalue weighted by Crippen LogP contribution is 2.29. The Hall–Kier alpha value is -1.13. The van der Waals surface area contributed by atoms with Gasteiger partial charge in [0.05, 0.1) is 7.11 Å². The number of ether oxygens (including phenoxy) is 2. The normalized spacial score (nSPS) is 18.6. The molecule has 0 aliphatic carbocycles. The number of methoxy groups -OCH3 is 1. The lowest BCUT2D eigenvalue weighted by Gasteiger charge is -2.37. The van der Waals surface area contributed by atoms with E-state index in [-0.39, 0.29) is 11.4 Å². The molecule has 1 fully saturated rings. The Morgan fingerprint density at radius 2 is 2.11 bits per heavy atom. The summed E-state index contributed by atoms with van der Waals surface area (Å²) in [5.41, 5.74) is 0.896. The molecule has 1 heterocycles. The van der Waals surface area contributed by atoms with Crippen LogP contribution in [-0.4, -0.2) is 32.9 Å². The van der Waals surface area contributed by atoms with Crippen molar-refractivity contribution in [1.29, 1.82) is 0 Å². The Morgan fingerprint density at radius 1 is 1.39 bits per heavy atom. The molecule has 1 N–H and O–H groups in total. The lowest BCUT2D eigenvalue weighted by Crippen LogP contribution is -2.49. The first kappa shape index (κ1) is 13.3. The van der Waals surface area contributed by atoms with E-state index in [0.717, 1.165) is 43.8 Å². The van der Waals surface area contributed by atoms with Crippen LogP contribution in [0, 0.1) is 5.82 Å². The molecule has 1 saturated heterocycles. The first-order valence-electron chi connectivity index (χ1n) is 6.28. The third-order valence-corrected chi connectivity index (χ3v) is 3.75. The lowest BCUT2D eigenvalue weighted by molar-refractivity contribution is 0.0410. The quantitative estimate of drug-likeness (QED) is 0.892. The van der Waals surface area contributed by atoms with Gasteiger partial charge in [-0.1, -0.05) is 0 Å². The average molecular weight is 253 g/mol.